The molecule has 124 valence electrons. The normalized spacial score (nSPS) is 25.1. The van der Waals surface area contributed by atoms with E-state index < -0.39 is 0 Å². The number of ether oxygens (including phenoxy) is 5. The van der Waals surface area contributed by atoms with Gasteiger partial charge in [-0.05, 0) is 40.5 Å². The largest absolute Gasteiger partial charge is 0.379 e. The standard InChI is InChI=1S/C16H30O5/c1-15(2,5-7-17-9-13-10-18-13)20-8-6-16(3,4)21-12-14-11-19-14/h13-14H,5-12H2,1-4H3. The molecule has 0 aromatic rings. The Bertz CT molecular complexity index is 308. The predicted molar refractivity (Wildman–Crippen MR) is 79.6 cm³/mol. The third-order valence-electron chi connectivity index (χ3n) is 3.81. The fourth-order valence-electron chi connectivity index (χ4n) is 1.90. The Labute approximate surface area is 128 Å². The van der Waals surface area contributed by atoms with Crippen LogP contribution in [0.5, 0.6) is 0 Å². The van der Waals surface area contributed by atoms with Gasteiger partial charge in [0.05, 0.1) is 44.2 Å². The van der Waals surface area contributed by atoms with Crippen molar-refractivity contribution in [3.63, 3.8) is 0 Å². The molecule has 0 radical (unpaired) electrons. The molecular weight excluding hydrogens is 272 g/mol. The topological polar surface area (TPSA) is 52.8 Å². The van der Waals surface area contributed by atoms with Gasteiger partial charge >= 0.3 is 0 Å². The summed E-state index contributed by atoms with van der Waals surface area (Å²) in [5.41, 5.74) is -0.331. The van der Waals surface area contributed by atoms with Crippen LogP contribution in [0.25, 0.3) is 0 Å². The van der Waals surface area contributed by atoms with Crippen molar-refractivity contribution >= 4 is 0 Å². The number of hydrogen-bond donors (Lipinski definition) is 0. The van der Waals surface area contributed by atoms with E-state index in [0.29, 0.717) is 38.6 Å². The minimum Gasteiger partial charge on any atom is -0.379 e. The molecule has 5 heteroatoms. The van der Waals surface area contributed by atoms with Crippen LogP contribution in [-0.2, 0) is 23.7 Å². The molecule has 0 bridgehead atoms. The summed E-state index contributed by atoms with van der Waals surface area (Å²) in [4.78, 5) is 0. The first kappa shape index (κ1) is 17.2. The summed E-state index contributed by atoms with van der Waals surface area (Å²) in [5, 5.41) is 0. The minimum absolute atomic E-state index is 0.165. The molecule has 2 atom stereocenters. The summed E-state index contributed by atoms with van der Waals surface area (Å²) in [6, 6.07) is 0. The Balaban J connectivity index is 1.51. The molecule has 2 aliphatic heterocycles. The van der Waals surface area contributed by atoms with Gasteiger partial charge in [-0.25, -0.2) is 0 Å². The summed E-state index contributed by atoms with van der Waals surface area (Å²) in [6.45, 7) is 12.9. The molecule has 2 heterocycles. The van der Waals surface area contributed by atoms with Gasteiger partial charge in [0.25, 0.3) is 0 Å². The van der Waals surface area contributed by atoms with Crippen LogP contribution in [0.2, 0.25) is 0 Å². The summed E-state index contributed by atoms with van der Waals surface area (Å²) in [7, 11) is 0. The van der Waals surface area contributed by atoms with Gasteiger partial charge in [0, 0.05) is 6.61 Å². The van der Waals surface area contributed by atoms with Crippen molar-refractivity contribution < 1.29 is 23.7 Å². The number of rotatable bonds is 12. The molecule has 0 amide bonds. The maximum absolute atomic E-state index is 5.99. The van der Waals surface area contributed by atoms with Gasteiger partial charge in [-0.3, -0.25) is 0 Å². The lowest BCUT2D eigenvalue weighted by molar-refractivity contribution is -0.0827. The molecule has 0 aromatic carbocycles. The quantitative estimate of drug-likeness (QED) is 0.408. The zero-order valence-electron chi connectivity index (χ0n) is 13.9. The van der Waals surface area contributed by atoms with Crippen LogP contribution >= 0.6 is 0 Å². The third kappa shape index (κ3) is 8.12. The second kappa shape index (κ2) is 7.38. The highest BCUT2D eigenvalue weighted by Gasteiger charge is 2.28. The van der Waals surface area contributed by atoms with Gasteiger partial charge in [-0.15, -0.1) is 0 Å². The molecule has 2 saturated heterocycles. The second-order valence-electron chi connectivity index (χ2n) is 7.16. The van der Waals surface area contributed by atoms with Crippen molar-refractivity contribution in [2.75, 3.05) is 39.6 Å². The van der Waals surface area contributed by atoms with E-state index in [2.05, 4.69) is 27.7 Å². The lowest BCUT2D eigenvalue weighted by Crippen LogP contribution is -2.32. The van der Waals surface area contributed by atoms with Gasteiger partial charge in [-0.1, -0.05) is 0 Å². The lowest BCUT2D eigenvalue weighted by Gasteiger charge is -2.29. The zero-order chi connectivity index (χ0) is 15.3. The lowest BCUT2D eigenvalue weighted by atomic mass is 10.0. The Morgan fingerprint density at radius 3 is 1.95 bits per heavy atom. The molecule has 0 aliphatic carbocycles. The van der Waals surface area contributed by atoms with Crippen molar-refractivity contribution in [1.29, 1.82) is 0 Å². The smallest absolute Gasteiger partial charge is 0.104 e. The minimum atomic E-state index is -0.167. The number of hydrogen-bond acceptors (Lipinski definition) is 5. The SMILES string of the molecule is CC(C)(CCOCC1CO1)OCCC(C)(C)OCC1CO1. The highest BCUT2D eigenvalue weighted by molar-refractivity contribution is 4.75. The van der Waals surface area contributed by atoms with Crippen LogP contribution in [0, 0.1) is 0 Å². The Kier molecular flexibility index (Phi) is 6.03. The molecular formula is C16H30O5. The van der Waals surface area contributed by atoms with Crippen molar-refractivity contribution in [3.8, 4) is 0 Å². The van der Waals surface area contributed by atoms with Crippen LogP contribution in [-0.4, -0.2) is 63.1 Å². The first-order valence-corrected chi connectivity index (χ1v) is 7.95. The van der Waals surface area contributed by atoms with E-state index in [1.165, 1.54) is 0 Å². The molecule has 2 unspecified atom stereocenters. The van der Waals surface area contributed by atoms with Gasteiger partial charge in [-0.2, -0.15) is 0 Å². The zero-order valence-corrected chi connectivity index (χ0v) is 13.9. The maximum Gasteiger partial charge on any atom is 0.104 e. The fourth-order valence-corrected chi connectivity index (χ4v) is 1.90. The molecule has 2 rings (SSSR count). The van der Waals surface area contributed by atoms with Gasteiger partial charge < -0.3 is 23.7 Å². The van der Waals surface area contributed by atoms with Gasteiger partial charge in [0.2, 0.25) is 0 Å². The predicted octanol–water partition coefficient (Wildman–Crippen LogP) is 2.17. The Hall–Kier alpha value is -0.200. The second-order valence-corrected chi connectivity index (χ2v) is 7.16. The average molecular weight is 302 g/mol. The van der Waals surface area contributed by atoms with Crippen molar-refractivity contribution in [2.45, 2.75) is 63.9 Å². The van der Waals surface area contributed by atoms with E-state index >= 15 is 0 Å². The molecule has 2 aliphatic rings. The molecule has 2 fully saturated rings. The van der Waals surface area contributed by atoms with Crippen molar-refractivity contribution in [3.05, 3.63) is 0 Å². The molecule has 21 heavy (non-hydrogen) atoms. The van der Waals surface area contributed by atoms with E-state index in [0.717, 1.165) is 26.1 Å². The monoisotopic (exact) mass is 302 g/mol. The van der Waals surface area contributed by atoms with Crippen LogP contribution in [0.3, 0.4) is 0 Å². The van der Waals surface area contributed by atoms with Gasteiger partial charge in [0.1, 0.15) is 12.2 Å². The maximum atomic E-state index is 5.99. The first-order chi connectivity index (χ1) is 9.86. The molecule has 0 N–H and O–H groups in total. The van der Waals surface area contributed by atoms with Crippen LogP contribution in [0.4, 0.5) is 0 Å². The summed E-state index contributed by atoms with van der Waals surface area (Å²) in [6.07, 6.45) is 2.41. The van der Waals surface area contributed by atoms with Crippen LogP contribution in [0.15, 0.2) is 0 Å². The van der Waals surface area contributed by atoms with E-state index in [1.807, 2.05) is 0 Å². The average Bonchev–Trinajstić information content (AvgIpc) is 3.26. The van der Waals surface area contributed by atoms with Crippen LogP contribution < -0.4 is 0 Å². The van der Waals surface area contributed by atoms with Crippen LogP contribution in [0.1, 0.15) is 40.5 Å². The Morgan fingerprint density at radius 1 is 0.810 bits per heavy atom. The molecule has 0 spiro atoms. The van der Waals surface area contributed by atoms with E-state index in [-0.39, 0.29) is 11.2 Å². The first-order valence-electron chi connectivity index (χ1n) is 7.95. The highest BCUT2D eigenvalue weighted by atomic mass is 16.6. The highest BCUT2D eigenvalue weighted by Crippen LogP contribution is 2.21. The molecule has 5 nitrogen and oxygen atoms in total. The summed E-state index contributed by atoms with van der Waals surface area (Å²) < 4.78 is 27.7. The van der Waals surface area contributed by atoms with Gasteiger partial charge in [0.15, 0.2) is 0 Å². The third-order valence-corrected chi connectivity index (χ3v) is 3.81. The van der Waals surface area contributed by atoms with Crippen molar-refractivity contribution in [2.24, 2.45) is 0 Å². The fraction of sp³-hybridized carbons (Fsp3) is 1.00. The van der Waals surface area contributed by atoms with Crippen molar-refractivity contribution in [1.82, 2.24) is 0 Å². The van der Waals surface area contributed by atoms with E-state index in [1.54, 1.807) is 0 Å². The number of epoxide rings is 2. The molecule has 0 aromatic heterocycles. The van der Waals surface area contributed by atoms with E-state index in [9.17, 15) is 0 Å². The summed E-state index contributed by atoms with van der Waals surface area (Å²) in [5.74, 6) is 0. The Morgan fingerprint density at radius 2 is 1.33 bits per heavy atom. The summed E-state index contributed by atoms with van der Waals surface area (Å²) >= 11 is 0. The molecule has 0 saturated carbocycles. The van der Waals surface area contributed by atoms with E-state index in [4.69, 9.17) is 23.7 Å².